The minimum Gasteiger partial charge on any atom is -0.454 e. The second-order valence-corrected chi connectivity index (χ2v) is 5.32. The standard InChI is InChI=1S/C15H14FN7O4/c1-2-22-14(16)10(6-19-22)5-17-20-15(24)13-4-3-12(27-13)9-21-8-11(7-18-21)23(25)26/h3-8H,2,9H2,1H3,(H,20,24)/b17-5+. The van der Waals surface area contributed by atoms with Crippen molar-refractivity contribution in [2.45, 2.75) is 20.0 Å². The van der Waals surface area contributed by atoms with Crippen LogP contribution in [-0.4, -0.2) is 36.6 Å². The van der Waals surface area contributed by atoms with Gasteiger partial charge in [0, 0.05) is 6.54 Å². The van der Waals surface area contributed by atoms with Crippen LogP contribution in [0.25, 0.3) is 0 Å². The van der Waals surface area contributed by atoms with Crippen molar-refractivity contribution in [3.8, 4) is 0 Å². The van der Waals surface area contributed by atoms with Crippen molar-refractivity contribution in [2.75, 3.05) is 0 Å². The van der Waals surface area contributed by atoms with Gasteiger partial charge in [0.05, 0.1) is 29.4 Å². The fourth-order valence-corrected chi connectivity index (χ4v) is 2.19. The Balaban J connectivity index is 1.60. The van der Waals surface area contributed by atoms with Gasteiger partial charge < -0.3 is 4.42 Å². The predicted octanol–water partition coefficient (Wildman–Crippen LogP) is 1.55. The number of rotatable bonds is 7. The lowest BCUT2D eigenvalue weighted by molar-refractivity contribution is -0.385. The SMILES string of the molecule is CCn1ncc(/C=N/NC(=O)c2ccc(Cn3cc([N+](=O)[O-])cn3)o2)c1F. The first kappa shape index (κ1) is 18.0. The van der Waals surface area contributed by atoms with Gasteiger partial charge in [0.15, 0.2) is 5.76 Å². The lowest BCUT2D eigenvalue weighted by Crippen LogP contribution is -2.17. The summed E-state index contributed by atoms with van der Waals surface area (Å²) in [6.45, 7) is 2.24. The topological polar surface area (TPSA) is 133 Å². The van der Waals surface area contributed by atoms with E-state index in [0.29, 0.717) is 12.3 Å². The molecule has 0 saturated carbocycles. The second-order valence-electron chi connectivity index (χ2n) is 5.32. The van der Waals surface area contributed by atoms with Gasteiger partial charge >= 0.3 is 11.6 Å². The van der Waals surface area contributed by atoms with E-state index in [1.54, 1.807) is 6.92 Å². The highest BCUT2D eigenvalue weighted by Gasteiger charge is 2.13. The number of hydrogen-bond acceptors (Lipinski definition) is 7. The number of halogens is 1. The summed E-state index contributed by atoms with van der Waals surface area (Å²) in [5.74, 6) is -0.831. The lowest BCUT2D eigenvalue weighted by Gasteiger charge is -1.98. The van der Waals surface area contributed by atoms with E-state index < -0.39 is 16.8 Å². The van der Waals surface area contributed by atoms with Crippen LogP contribution >= 0.6 is 0 Å². The van der Waals surface area contributed by atoms with Crippen molar-refractivity contribution in [1.29, 1.82) is 0 Å². The molecule has 0 aromatic carbocycles. The number of nitrogens with zero attached hydrogens (tertiary/aromatic N) is 6. The molecule has 0 bridgehead atoms. The maximum absolute atomic E-state index is 13.8. The molecular weight excluding hydrogens is 361 g/mol. The van der Waals surface area contributed by atoms with Gasteiger partial charge in [-0.1, -0.05) is 0 Å². The van der Waals surface area contributed by atoms with Crippen LogP contribution in [0, 0.1) is 16.1 Å². The van der Waals surface area contributed by atoms with Gasteiger partial charge in [-0.3, -0.25) is 19.6 Å². The highest BCUT2D eigenvalue weighted by molar-refractivity contribution is 5.92. The van der Waals surface area contributed by atoms with Crippen LogP contribution in [0.2, 0.25) is 0 Å². The molecule has 3 heterocycles. The molecule has 11 nitrogen and oxygen atoms in total. The Kier molecular flexibility index (Phi) is 5.06. The quantitative estimate of drug-likeness (QED) is 0.378. The molecule has 0 spiro atoms. The predicted molar refractivity (Wildman–Crippen MR) is 89.6 cm³/mol. The van der Waals surface area contributed by atoms with Gasteiger partial charge in [-0.15, -0.1) is 0 Å². The molecule has 0 saturated heterocycles. The number of hydrazone groups is 1. The van der Waals surface area contributed by atoms with Crippen LogP contribution in [0.1, 0.15) is 28.8 Å². The molecule has 140 valence electrons. The highest BCUT2D eigenvalue weighted by atomic mass is 19.1. The molecule has 0 radical (unpaired) electrons. The van der Waals surface area contributed by atoms with E-state index in [0.717, 1.165) is 17.1 Å². The van der Waals surface area contributed by atoms with E-state index in [2.05, 4.69) is 20.7 Å². The molecule has 27 heavy (non-hydrogen) atoms. The molecule has 0 aliphatic carbocycles. The summed E-state index contributed by atoms with van der Waals surface area (Å²) in [5.41, 5.74) is 2.21. The number of aromatic nitrogens is 4. The molecular formula is C15H14FN7O4. The average Bonchev–Trinajstić information content (AvgIpc) is 3.36. The molecule has 0 aliphatic rings. The van der Waals surface area contributed by atoms with Gasteiger partial charge in [-0.05, 0) is 19.1 Å². The Morgan fingerprint density at radius 3 is 2.93 bits per heavy atom. The minimum atomic E-state index is -0.632. The average molecular weight is 375 g/mol. The van der Waals surface area contributed by atoms with E-state index in [1.807, 2.05) is 0 Å². The third-order valence-electron chi connectivity index (χ3n) is 3.50. The number of carbonyl (C=O) groups is 1. The largest absolute Gasteiger partial charge is 0.454 e. The maximum Gasteiger partial charge on any atom is 0.307 e. The molecule has 3 aromatic heterocycles. The van der Waals surface area contributed by atoms with Crippen molar-refractivity contribution in [2.24, 2.45) is 5.10 Å². The molecule has 1 amide bonds. The van der Waals surface area contributed by atoms with E-state index in [-0.39, 0.29) is 23.6 Å². The van der Waals surface area contributed by atoms with Crippen molar-refractivity contribution in [1.82, 2.24) is 25.0 Å². The van der Waals surface area contributed by atoms with Crippen LogP contribution in [0.3, 0.4) is 0 Å². The van der Waals surface area contributed by atoms with Gasteiger partial charge in [-0.2, -0.15) is 19.7 Å². The zero-order valence-corrected chi connectivity index (χ0v) is 14.1. The Hall–Kier alpha value is -3.83. The number of hydrogen-bond donors (Lipinski definition) is 1. The Bertz CT molecular complexity index is 1000. The third kappa shape index (κ3) is 4.05. The number of aryl methyl sites for hydroxylation is 1. The van der Waals surface area contributed by atoms with E-state index in [9.17, 15) is 19.3 Å². The number of furan rings is 1. The fraction of sp³-hybridized carbons (Fsp3) is 0.200. The number of amides is 1. The maximum atomic E-state index is 13.8. The molecule has 0 atom stereocenters. The van der Waals surface area contributed by atoms with Crippen LogP contribution in [0.15, 0.2) is 40.2 Å². The molecule has 0 aliphatic heterocycles. The lowest BCUT2D eigenvalue weighted by atomic mass is 10.4. The molecule has 3 rings (SSSR count). The summed E-state index contributed by atoms with van der Waals surface area (Å²) in [6, 6.07) is 2.96. The van der Waals surface area contributed by atoms with Gasteiger partial charge in [-0.25, -0.2) is 10.1 Å². The second kappa shape index (κ2) is 7.59. The zero-order chi connectivity index (χ0) is 19.4. The van der Waals surface area contributed by atoms with Gasteiger partial charge in [0.1, 0.15) is 18.2 Å². The zero-order valence-electron chi connectivity index (χ0n) is 14.1. The molecule has 0 fully saturated rings. The van der Waals surface area contributed by atoms with E-state index >= 15 is 0 Å². The number of carbonyl (C=O) groups excluding carboxylic acids is 1. The summed E-state index contributed by atoms with van der Waals surface area (Å²) in [6.07, 6.45) is 4.80. The van der Waals surface area contributed by atoms with Crippen molar-refractivity contribution in [3.63, 3.8) is 0 Å². The monoisotopic (exact) mass is 375 g/mol. The number of nitrogens with one attached hydrogen (secondary N) is 1. The van der Waals surface area contributed by atoms with Crippen molar-refractivity contribution in [3.05, 3.63) is 63.9 Å². The third-order valence-corrected chi connectivity index (χ3v) is 3.50. The summed E-state index contributed by atoms with van der Waals surface area (Å²) < 4.78 is 21.6. The Morgan fingerprint density at radius 1 is 1.44 bits per heavy atom. The van der Waals surface area contributed by atoms with Crippen LogP contribution < -0.4 is 5.43 Å². The highest BCUT2D eigenvalue weighted by Crippen LogP contribution is 2.13. The Labute approximate surface area is 151 Å². The van der Waals surface area contributed by atoms with Crippen molar-refractivity contribution >= 4 is 17.8 Å². The normalized spacial score (nSPS) is 11.2. The molecule has 1 N–H and O–H groups in total. The Morgan fingerprint density at radius 2 is 2.26 bits per heavy atom. The van der Waals surface area contributed by atoms with Crippen LogP contribution in [0.5, 0.6) is 0 Å². The minimum absolute atomic E-state index is 0.0199. The van der Waals surface area contributed by atoms with Gasteiger partial charge in [0.25, 0.3) is 0 Å². The summed E-state index contributed by atoms with van der Waals surface area (Å²) >= 11 is 0. The first-order valence-electron chi connectivity index (χ1n) is 7.78. The summed E-state index contributed by atoms with van der Waals surface area (Å²) in [7, 11) is 0. The van der Waals surface area contributed by atoms with Crippen molar-refractivity contribution < 1.29 is 18.5 Å². The fourth-order valence-electron chi connectivity index (χ4n) is 2.19. The molecule has 12 heteroatoms. The smallest absolute Gasteiger partial charge is 0.307 e. The molecule has 3 aromatic rings. The first-order chi connectivity index (χ1) is 13.0. The summed E-state index contributed by atoms with van der Waals surface area (Å²) in [5, 5.41) is 22.0. The van der Waals surface area contributed by atoms with Crippen LogP contribution in [-0.2, 0) is 13.1 Å². The van der Waals surface area contributed by atoms with E-state index in [1.165, 1.54) is 29.2 Å². The number of nitro groups is 1. The van der Waals surface area contributed by atoms with Crippen LogP contribution in [0.4, 0.5) is 10.1 Å². The van der Waals surface area contributed by atoms with Gasteiger partial charge in [0.2, 0.25) is 5.95 Å². The first-order valence-corrected chi connectivity index (χ1v) is 7.78. The van der Waals surface area contributed by atoms with E-state index in [4.69, 9.17) is 4.42 Å². The summed E-state index contributed by atoms with van der Waals surface area (Å²) in [4.78, 5) is 22.1. The molecule has 0 unspecified atom stereocenters.